The number of amides is 1. The molecule has 0 saturated carbocycles. The summed E-state index contributed by atoms with van der Waals surface area (Å²) in [6.45, 7) is 10.8. The van der Waals surface area contributed by atoms with Crippen LogP contribution in [0, 0.1) is 17.8 Å². The second-order valence-electron chi connectivity index (χ2n) is 5.42. The van der Waals surface area contributed by atoms with E-state index in [0.29, 0.717) is 5.91 Å². The van der Waals surface area contributed by atoms with Gasteiger partial charge in [0.15, 0.2) is 0 Å². The van der Waals surface area contributed by atoms with Crippen LogP contribution < -0.4 is 0 Å². The monoisotopic (exact) mass is 225 g/mol. The Balaban J connectivity index is 2.44. The second kappa shape index (κ2) is 6.27. The first kappa shape index (κ1) is 13.5. The number of likely N-dealkylation sites (tertiary alicyclic amines) is 1. The van der Waals surface area contributed by atoms with Gasteiger partial charge in [0.1, 0.15) is 0 Å². The molecule has 2 nitrogen and oxygen atoms in total. The van der Waals surface area contributed by atoms with Crippen molar-refractivity contribution in [1.82, 2.24) is 4.90 Å². The number of hydrogen-bond donors (Lipinski definition) is 0. The summed E-state index contributed by atoms with van der Waals surface area (Å²) in [5.74, 6) is 2.25. The molecule has 0 bridgehead atoms. The average molecular weight is 225 g/mol. The fraction of sp³-hybridized carbons (Fsp3) is 0.929. The van der Waals surface area contributed by atoms with Gasteiger partial charge in [-0.1, -0.05) is 27.7 Å². The van der Waals surface area contributed by atoms with Crippen molar-refractivity contribution in [2.75, 3.05) is 13.1 Å². The van der Waals surface area contributed by atoms with E-state index in [1.807, 2.05) is 0 Å². The quantitative estimate of drug-likeness (QED) is 0.718. The number of piperidine rings is 1. The minimum Gasteiger partial charge on any atom is -0.342 e. The predicted octanol–water partition coefficient (Wildman–Crippen LogP) is 3.32. The maximum Gasteiger partial charge on any atom is 0.225 e. The summed E-state index contributed by atoms with van der Waals surface area (Å²) < 4.78 is 0. The zero-order valence-corrected chi connectivity index (χ0v) is 11.3. The lowest BCUT2D eigenvalue weighted by atomic mass is 9.86. The zero-order valence-electron chi connectivity index (χ0n) is 11.3. The maximum absolute atomic E-state index is 12.2. The van der Waals surface area contributed by atoms with E-state index < -0.39 is 0 Å². The first-order valence-electron chi connectivity index (χ1n) is 6.88. The Bertz CT molecular complexity index is 213. The summed E-state index contributed by atoms with van der Waals surface area (Å²) in [5, 5.41) is 0. The van der Waals surface area contributed by atoms with Crippen molar-refractivity contribution in [3.05, 3.63) is 0 Å². The fourth-order valence-electron chi connectivity index (χ4n) is 2.68. The van der Waals surface area contributed by atoms with Gasteiger partial charge in [-0.3, -0.25) is 4.79 Å². The Labute approximate surface area is 100 Å². The number of hydrogen-bond acceptors (Lipinski definition) is 1. The van der Waals surface area contributed by atoms with Gasteiger partial charge >= 0.3 is 0 Å². The normalized spacial score (nSPS) is 18.5. The van der Waals surface area contributed by atoms with Gasteiger partial charge in [0, 0.05) is 19.0 Å². The molecule has 0 aromatic heterocycles. The van der Waals surface area contributed by atoms with E-state index >= 15 is 0 Å². The van der Waals surface area contributed by atoms with Gasteiger partial charge in [0.2, 0.25) is 5.91 Å². The van der Waals surface area contributed by atoms with Crippen molar-refractivity contribution < 1.29 is 4.79 Å². The molecule has 16 heavy (non-hydrogen) atoms. The summed E-state index contributed by atoms with van der Waals surface area (Å²) in [4.78, 5) is 14.3. The summed E-state index contributed by atoms with van der Waals surface area (Å²) in [6, 6.07) is 0. The molecule has 1 amide bonds. The maximum atomic E-state index is 12.2. The molecule has 1 rings (SSSR count). The predicted molar refractivity (Wildman–Crippen MR) is 68.2 cm³/mol. The van der Waals surface area contributed by atoms with E-state index in [-0.39, 0.29) is 5.92 Å². The van der Waals surface area contributed by atoms with Crippen LogP contribution in [0.3, 0.4) is 0 Å². The Morgan fingerprint density at radius 3 is 2.06 bits per heavy atom. The van der Waals surface area contributed by atoms with Crippen LogP contribution in [-0.4, -0.2) is 23.9 Å². The van der Waals surface area contributed by atoms with Crippen LogP contribution in [0.5, 0.6) is 0 Å². The van der Waals surface area contributed by atoms with Crippen LogP contribution >= 0.6 is 0 Å². The van der Waals surface area contributed by atoms with Crippen LogP contribution in [0.2, 0.25) is 0 Å². The first-order valence-corrected chi connectivity index (χ1v) is 6.88. The first-order chi connectivity index (χ1) is 7.60. The minimum absolute atomic E-state index is 0.260. The van der Waals surface area contributed by atoms with Gasteiger partial charge in [0.05, 0.1) is 0 Å². The molecule has 0 aromatic carbocycles. The van der Waals surface area contributed by atoms with Gasteiger partial charge in [-0.05, 0) is 37.5 Å². The summed E-state index contributed by atoms with van der Waals surface area (Å²) in [5.41, 5.74) is 0. The Hall–Kier alpha value is -0.530. The Kier molecular flexibility index (Phi) is 5.30. The highest BCUT2D eigenvalue weighted by Crippen LogP contribution is 2.25. The highest BCUT2D eigenvalue weighted by atomic mass is 16.2. The van der Waals surface area contributed by atoms with E-state index in [1.54, 1.807) is 0 Å². The van der Waals surface area contributed by atoms with Gasteiger partial charge in [-0.2, -0.15) is 0 Å². The van der Waals surface area contributed by atoms with Crippen molar-refractivity contribution >= 4 is 5.91 Å². The van der Waals surface area contributed by atoms with E-state index in [2.05, 4.69) is 32.6 Å². The van der Waals surface area contributed by atoms with Gasteiger partial charge in [-0.25, -0.2) is 0 Å². The average Bonchev–Trinajstić information content (AvgIpc) is 2.30. The molecule has 1 fully saturated rings. The van der Waals surface area contributed by atoms with Crippen molar-refractivity contribution in [2.24, 2.45) is 17.8 Å². The van der Waals surface area contributed by atoms with E-state index in [1.165, 1.54) is 12.8 Å². The van der Waals surface area contributed by atoms with E-state index in [9.17, 15) is 4.79 Å². The van der Waals surface area contributed by atoms with Gasteiger partial charge in [-0.15, -0.1) is 0 Å². The molecule has 1 aliphatic heterocycles. The highest BCUT2D eigenvalue weighted by Gasteiger charge is 2.27. The molecule has 1 heterocycles. The van der Waals surface area contributed by atoms with Gasteiger partial charge in [0.25, 0.3) is 0 Å². The third-order valence-electron chi connectivity index (χ3n) is 4.13. The molecule has 1 saturated heterocycles. The largest absolute Gasteiger partial charge is 0.342 e. The number of carbonyl (C=O) groups excluding carboxylic acids is 1. The fourth-order valence-corrected chi connectivity index (χ4v) is 2.68. The number of rotatable bonds is 4. The summed E-state index contributed by atoms with van der Waals surface area (Å²) in [7, 11) is 0. The lowest BCUT2D eigenvalue weighted by molar-refractivity contribution is -0.137. The molecule has 0 aliphatic carbocycles. The van der Waals surface area contributed by atoms with Crippen molar-refractivity contribution in [3.8, 4) is 0 Å². The zero-order chi connectivity index (χ0) is 12.1. The molecule has 0 unspecified atom stereocenters. The molecule has 2 heteroatoms. The van der Waals surface area contributed by atoms with Crippen molar-refractivity contribution in [1.29, 1.82) is 0 Å². The second-order valence-corrected chi connectivity index (χ2v) is 5.42. The summed E-state index contributed by atoms with van der Waals surface area (Å²) in [6.07, 6.45) is 4.37. The van der Waals surface area contributed by atoms with Crippen molar-refractivity contribution in [3.63, 3.8) is 0 Å². The van der Waals surface area contributed by atoms with E-state index in [0.717, 1.165) is 37.8 Å². The van der Waals surface area contributed by atoms with Crippen LogP contribution in [-0.2, 0) is 4.79 Å². The highest BCUT2D eigenvalue weighted by molar-refractivity contribution is 5.78. The van der Waals surface area contributed by atoms with Crippen LogP contribution in [0.1, 0.15) is 53.4 Å². The number of carbonyl (C=O) groups is 1. The molecular formula is C14H27NO. The SMILES string of the molecule is CCC(CC)C(=O)N1CCC(C(C)C)CC1. The Morgan fingerprint density at radius 2 is 1.69 bits per heavy atom. The standard InChI is InChI=1S/C14H27NO/c1-5-12(6-2)14(16)15-9-7-13(8-10-15)11(3)4/h11-13H,5-10H2,1-4H3. The number of nitrogens with zero attached hydrogens (tertiary/aromatic N) is 1. The summed E-state index contributed by atoms with van der Waals surface area (Å²) >= 11 is 0. The third kappa shape index (κ3) is 3.23. The molecular weight excluding hydrogens is 198 g/mol. The lowest BCUT2D eigenvalue weighted by Crippen LogP contribution is -2.42. The van der Waals surface area contributed by atoms with Crippen LogP contribution in [0.4, 0.5) is 0 Å². The lowest BCUT2D eigenvalue weighted by Gasteiger charge is -2.35. The molecule has 0 aromatic rings. The molecule has 0 N–H and O–H groups in total. The van der Waals surface area contributed by atoms with E-state index in [4.69, 9.17) is 0 Å². The van der Waals surface area contributed by atoms with Gasteiger partial charge < -0.3 is 4.90 Å². The molecule has 1 aliphatic rings. The van der Waals surface area contributed by atoms with Crippen LogP contribution in [0.15, 0.2) is 0 Å². The molecule has 0 atom stereocenters. The smallest absolute Gasteiger partial charge is 0.225 e. The Morgan fingerprint density at radius 1 is 1.19 bits per heavy atom. The molecule has 0 radical (unpaired) electrons. The molecule has 94 valence electrons. The van der Waals surface area contributed by atoms with Crippen LogP contribution in [0.25, 0.3) is 0 Å². The molecule has 0 spiro atoms. The topological polar surface area (TPSA) is 20.3 Å². The third-order valence-corrected chi connectivity index (χ3v) is 4.13. The van der Waals surface area contributed by atoms with Crippen molar-refractivity contribution in [2.45, 2.75) is 53.4 Å². The minimum atomic E-state index is 0.260.